The maximum Gasteiger partial charge on any atom is 0.274 e. The van der Waals surface area contributed by atoms with E-state index in [-0.39, 0.29) is 23.7 Å². The molecule has 9 nitrogen and oxygen atoms in total. The van der Waals surface area contributed by atoms with Gasteiger partial charge in [-0.25, -0.2) is 4.39 Å². The molecule has 0 aliphatic heterocycles. The van der Waals surface area contributed by atoms with Gasteiger partial charge in [0.2, 0.25) is 0 Å². The van der Waals surface area contributed by atoms with Gasteiger partial charge in [-0.15, -0.1) is 0 Å². The molecule has 0 saturated heterocycles. The molecule has 202 valence electrons. The fraction of sp³-hybridized carbons (Fsp3) is 0.310. The van der Waals surface area contributed by atoms with Gasteiger partial charge in [0.25, 0.3) is 11.5 Å². The number of aryl methyl sites for hydroxylation is 3. The molecular weight excluding hydrogens is 499 g/mol. The number of hydrogen-bond donors (Lipinski definition) is 2. The van der Waals surface area contributed by atoms with Crippen molar-refractivity contribution in [3.05, 3.63) is 70.2 Å². The number of benzene rings is 1. The van der Waals surface area contributed by atoms with Gasteiger partial charge in [0, 0.05) is 65.2 Å². The molecule has 10 heteroatoms. The molecule has 0 bridgehead atoms. The summed E-state index contributed by atoms with van der Waals surface area (Å²) in [6, 6.07) is 5.44. The lowest BCUT2D eigenvalue weighted by Gasteiger charge is -2.18. The minimum atomic E-state index is -1.48. The van der Waals surface area contributed by atoms with Crippen LogP contribution in [0.15, 0.2) is 47.8 Å². The van der Waals surface area contributed by atoms with Gasteiger partial charge >= 0.3 is 0 Å². The molecule has 0 spiro atoms. The Bertz CT molecular complexity index is 1770. The van der Waals surface area contributed by atoms with Gasteiger partial charge in [-0.1, -0.05) is 0 Å². The van der Waals surface area contributed by atoms with Crippen molar-refractivity contribution in [2.24, 2.45) is 7.05 Å². The van der Waals surface area contributed by atoms with Gasteiger partial charge < -0.3 is 19.6 Å². The molecule has 0 fully saturated rings. The Morgan fingerprint density at radius 2 is 1.85 bits per heavy atom. The van der Waals surface area contributed by atoms with E-state index in [1.165, 1.54) is 18.4 Å². The van der Waals surface area contributed by atoms with Crippen molar-refractivity contribution in [2.45, 2.75) is 46.8 Å². The van der Waals surface area contributed by atoms with Crippen molar-refractivity contribution < 1.29 is 13.9 Å². The highest BCUT2D eigenvalue weighted by Gasteiger charge is 2.23. The first-order valence-corrected chi connectivity index (χ1v) is 12.7. The average molecular weight is 531 g/mol. The highest BCUT2D eigenvalue weighted by atomic mass is 19.1. The Labute approximate surface area is 224 Å². The summed E-state index contributed by atoms with van der Waals surface area (Å²) in [5.74, 6) is 0.889. The number of halogens is 1. The molecule has 1 amide bonds. The van der Waals surface area contributed by atoms with E-state index in [0.717, 1.165) is 16.5 Å². The largest absolute Gasteiger partial charge is 0.456 e. The summed E-state index contributed by atoms with van der Waals surface area (Å²) in [5, 5.41) is 8.55. The third-order valence-corrected chi connectivity index (χ3v) is 6.57. The summed E-state index contributed by atoms with van der Waals surface area (Å²) in [6.45, 7) is 9.20. The summed E-state index contributed by atoms with van der Waals surface area (Å²) >= 11 is 0. The predicted molar refractivity (Wildman–Crippen MR) is 149 cm³/mol. The second-order valence-electron chi connectivity index (χ2n) is 10.4. The van der Waals surface area contributed by atoms with Crippen LogP contribution in [0.3, 0.4) is 0 Å². The first-order valence-electron chi connectivity index (χ1n) is 12.7. The Morgan fingerprint density at radius 1 is 1.13 bits per heavy atom. The number of aromatic amines is 1. The highest BCUT2D eigenvalue weighted by Crippen LogP contribution is 2.41. The van der Waals surface area contributed by atoms with E-state index in [4.69, 9.17) is 4.74 Å². The molecule has 5 rings (SSSR count). The van der Waals surface area contributed by atoms with Gasteiger partial charge in [0.1, 0.15) is 28.4 Å². The molecule has 1 aromatic carbocycles. The lowest BCUT2D eigenvalue weighted by Crippen LogP contribution is -2.23. The van der Waals surface area contributed by atoms with Crippen molar-refractivity contribution in [3.63, 3.8) is 0 Å². The number of aromatic nitrogens is 5. The lowest BCUT2D eigenvalue weighted by atomic mass is 10.0. The smallest absolute Gasteiger partial charge is 0.274 e. The first-order chi connectivity index (χ1) is 18.5. The van der Waals surface area contributed by atoms with Crippen LogP contribution in [0.2, 0.25) is 0 Å². The third kappa shape index (κ3) is 4.89. The van der Waals surface area contributed by atoms with Crippen LogP contribution < -0.4 is 15.6 Å². The molecule has 39 heavy (non-hydrogen) atoms. The van der Waals surface area contributed by atoms with Crippen molar-refractivity contribution >= 4 is 27.7 Å². The minimum Gasteiger partial charge on any atom is -0.456 e. The van der Waals surface area contributed by atoms with E-state index >= 15 is 0 Å². The number of carbonyl (C=O) groups excluding carboxylic acids is 1. The lowest BCUT2D eigenvalue weighted by molar-refractivity contribution is 0.0951. The quantitative estimate of drug-likeness (QED) is 0.301. The molecular formula is C29H31FN6O3. The van der Waals surface area contributed by atoms with Crippen molar-refractivity contribution in [1.29, 1.82) is 0 Å². The summed E-state index contributed by atoms with van der Waals surface area (Å²) in [4.78, 5) is 32.9. The third-order valence-electron chi connectivity index (χ3n) is 6.57. The number of amides is 1. The molecule has 4 aromatic heterocycles. The van der Waals surface area contributed by atoms with Crippen LogP contribution in [0.4, 0.5) is 4.39 Å². The average Bonchev–Trinajstić information content (AvgIpc) is 3.47. The number of rotatable bonds is 7. The molecule has 0 aliphatic carbocycles. The molecule has 4 heterocycles. The maximum atomic E-state index is 14.6. The number of hydrogen-bond acceptors (Lipinski definition) is 5. The Balaban J connectivity index is 1.80. The summed E-state index contributed by atoms with van der Waals surface area (Å²) in [7, 11) is 1.66. The van der Waals surface area contributed by atoms with E-state index in [9.17, 15) is 14.0 Å². The number of fused-ring (bicyclic) bond motifs is 2. The number of pyridine rings is 2. The van der Waals surface area contributed by atoms with Crippen molar-refractivity contribution in [3.8, 4) is 22.6 Å². The predicted octanol–water partition coefficient (Wildman–Crippen LogP) is 5.19. The van der Waals surface area contributed by atoms with Gasteiger partial charge in [-0.2, -0.15) is 5.10 Å². The molecule has 0 saturated carbocycles. The normalized spacial score (nSPS) is 11.9. The zero-order chi connectivity index (χ0) is 28.1. The number of nitrogens with one attached hydrogen (secondary N) is 2. The molecule has 0 radical (unpaired) electrons. The van der Waals surface area contributed by atoms with Gasteiger partial charge in [0.15, 0.2) is 0 Å². The monoisotopic (exact) mass is 530 g/mol. The van der Waals surface area contributed by atoms with Crippen molar-refractivity contribution in [1.82, 2.24) is 29.6 Å². The van der Waals surface area contributed by atoms with Gasteiger partial charge in [-0.3, -0.25) is 19.3 Å². The van der Waals surface area contributed by atoms with E-state index in [1.807, 2.05) is 32.9 Å². The standard InChI is InChI=1S/C29H31FN6O3/c1-7-32-27(37)22-9-20-21(14-35(6)28(38)25(20)34-22)19-10-23-18(13-33-36(23)15-29(4,5)30)8-24(19)39-26-16(2)11-31-12-17(26)3/h8-14,34H,7,15H2,1-6H3,(H,32,37). The van der Waals surface area contributed by atoms with E-state index in [0.29, 0.717) is 45.6 Å². The zero-order valence-electron chi connectivity index (χ0n) is 22.8. The van der Waals surface area contributed by atoms with E-state index < -0.39 is 5.67 Å². The number of H-pyrrole nitrogens is 1. The van der Waals surface area contributed by atoms with Gasteiger partial charge in [-0.05, 0) is 52.8 Å². The second-order valence-corrected chi connectivity index (χ2v) is 10.4. The van der Waals surface area contributed by atoms with Crippen LogP contribution >= 0.6 is 0 Å². The van der Waals surface area contributed by atoms with Gasteiger partial charge in [0.05, 0.1) is 18.3 Å². The summed E-state index contributed by atoms with van der Waals surface area (Å²) in [5.41, 5.74) is 2.62. The number of nitrogens with zero attached hydrogens (tertiary/aromatic N) is 4. The van der Waals surface area contributed by atoms with Crippen LogP contribution in [0, 0.1) is 13.8 Å². The topological polar surface area (TPSA) is 107 Å². The molecule has 0 aliphatic rings. The molecule has 2 N–H and O–H groups in total. The fourth-order valence-electron chi connectivity index (χ4n) is 4.77. The Morgan fingerprint density at radius 3 is 2.51 bits per heavy atom. The first kappa shape index (κ1) is 26.1. The molecule has 5 aromatic rings. The number of carbonyl (C=O) groups is 1. The van der Waals surface area contributed by atoms with Crippen LogP contribution in [-0.4, -0.2) is 42.4 Å². The maximum absolute atomic E-state index is 14.6. The highest BCUT2D eigenvalue weighted by molar-refractivity contribution is 6.04. The van der Waals surface area contributed by atoms with Crippen molar-refractivity contribution in [2.75, 3.05) is 6.54 Å². The Hall–Kier alpha value is -4.47. The summed E-state index contributed by atoms with van der Waals surface area (Å²) in [6.07, 6.45) is 6.87. The number of ether oxygens (including phenoxy) is 1. The van der Waals surface area contributed by atoms with Crippen LogP contribution in [-0.2, 0) is 13.6 Å². The number of alkyl halides is 1. The fourth-order valence-corrected chi connectivity index (χ4v) is 4.77. The minimum absolute atomic E-state index is 0.0624. The second kappa shape index (κ2) is 9.68. The van der Waals surface area contributed by atoms with Crippen LogP contribution in [0.1, 0.15) is 42.4 Å². The van der Waals surface area contributed by atoms with E-state index in [1.54, 1.807) is 42.6 Å². The molecule has 0 unspecified atom stereocenters. The Kier molecular flexibility index (Phi) is 6.49. The van der Waals surface area contributed by atoms with Crippen LogP contribution in [0.5, 0.6) is 11.5 Å². The zero-order valence-corrected chi connectivity index (χ0v) is 22.8. The summed E-state index contributed by atoms with van der Waals surface area (Å²) < 4.78 is 24.3. The SMILES string of the molecule is CCNC(=O)c1cc2c(-c3cc4c(cnn4CC(C)(C)F)cc3Oc3c(C)cncc3C)cn(C)c(=O)c2[nH]1. The van der Waals surface area contributed by atoms with Crippen LogP contribution in [0.25, 0.3) is 32.9 Å². The molecule has 0 atom stereocenters. The van der Waals surface area contributed by atoms with E-state index in [2.05, 4.69) is 20.4 Å².